The van der Waals surface area contributed by atoms with Crippen LogP contribution >= 0.6 is 11.3 Å². The van der Waals surface area contributed by atoms with E-state index in [2.05, 4.69) is 20.9 Å². The van der Waals surface area contributed by atoms with Gasteiger partial charge in [-0.25, -0.2) is 14.6 Å². The number of nitrogens with one attached hydrogen (secondary N) is 3. The van der Waals surface area contributed by atoms with Crippen LogP contribution in [-0.2, 0) is 6.54 Å². The van der Waals surface area contributed by atoms with Gasteiger partial charge in [0.1, 0.15) is 0 Å². The van der Waals surface area contributed by atoms with E-state index in [1.54, 1.807) is 12.3 Å². The average Bonchev–Trinajstić information content (AvgIpc) is 3.33. The fraction of sp³-hybridized carbons (Fsp3) is 0.368. The van der Waals surface area contributed by atoms with Crippen molar-refractivity contribution >= 4 is 40.0 Å². The minimum Gasteiger partial charge on any atom is -0.352 e. The van der Waals surface area contributed by atoms with Crippen LogP contribution in [0.25, 0.3) is 0 Å². The first-order chi connectivity index (χ1) is 13.4. The van der Waals surface area contributed by atoms with Gasteiger partial charge in [0.05, 0.1) is 12.2 Å². The zero-order valence-electron chi connectivity index (χ0n) is 15.6. The maximum Gasteiger partial charge on any atom is 0.325 e. The molecule has 1 heterocycles. The quantitative estimate of drug-likeness (QED) is 0.551. The molecular formula is C19H23N5O3S. The number of anilines is 2. The molecule has 9 heteroatoms. The first kappa shape index (κ1) is 19.8. The van der Waals surface area contributed by atoms with Crippen LogP contribution in [0.4, 0.5) is 20.4 Å². The summed E-state index contributed by atoms with van der Waals surface area (Å²) < 4.78 is 0. The number of hydrogen-bond donors (Lipinski definition) is 4. The third-order valence-electron chi connectivity index (χ3n) is 4.63. The van der Waals surface area contributed by atoms with Crippen molar-refractivity contribution in [2.45, 2.75) is 39.2 Å². The number of aryl methyl sites for hydroxylation is 1. The number of Topliss-reactive ketones (excluding diaryl/α,β-unsaturated/α-hetero) is 1. The van der Waals surface area contributed by atoms with Gasteiger partial charge in [0, 0.05) is 22.6 Å². The lowest BCUT2D eigenvalue weighted by Gasteiger charge is -2.14. The van der Waals surface area contributed by atoms with Gasteiger partial charge < -0.3 is 16.4 Å². The largest absolute Gasteiger partial charge is 0.352 e. The molecule has 1 aliphatic carbocycles. The molecule has 0 unspecified atom stereocenters. The van der Waals surface area contributed by atoms with Gasteiger partial charge in [-0.3, -0.25) is 10.1 Å². The van der Waals surface area contributed by atoms with E-state index in [4.69, 9.17) is 5.73 Å². The van der Waals surface area contributed by atoms with Crippen molar-refractivity contribution in [3.63, 3.8) is 0 Å². The average molecular weight is 401 g/mol. The van der Waals surface area contributed by atoms with E-state index in [0.29, 0.717) is 16.4 Å². The number of urea groups is 2. The lowest BCUT2D eigenvalue weighted by molar-refractivity contribution is 0.0923. The summed E-state index contributed by atoms with van der Waals surface area (Å²) in [5.74, 6) is 0.121. The van der Waals surface area contributed by atoms with Crippen LogP contribution in [0.2, 0.25) is 0 Å². The van der Waals surface area contributed by atoms with Gasteiger partial charge in [-0.15, -0.1) is 0 Å². The molecule has 0 atom stereocenters. The van der Waals surface area contributed by atoms with E-state index < -0.39 is 12.1 Å². The maximum absolute atomic E-state index is 12.9. The molecule has 1 saturated carbocycles. The van der Waals surface area contributed by atoms with E-state index in [9.17, 15) is 14.4 Å². The van der Waals surface area contributed by atoms with Crippen molar-refractivity contribution < 1.29 is 14.4 Å². The Labute approximate surface area is 166 Å². The molecule has 0 aliphatic heterocycles. The number of nitrogens with zero attached hydrogens (tertiary/aromatic N) is 1. The molecule has 1 aliphatic rings. The molecule has 5 N–H and O–H groups in total. The zero-order chi connectivity index (χ0) is 20.1. The predicted octanol–water partition coefficient (Wildman–Crippen LogP) is 3.64. The molecule has 0 bridgehead atoms. The number of rotatable bonds is 6. The van der Waals surface area contributed by atoms with Crippen LogP contribution in [-0.4, -0.2) is 22.8 Å². The Balaban J connectivity index is 1.67. The molecule has 28 heavy (non-hydrogen) atoms. The Kier molecular flexibility index (Phi) is 6.25. The summed E-state index contributed by atoms with van der Waals surface area (Å²) in [7, 11) is 0. The van der Waals surface area contributed by atoms with Crippen LogP contribution < -0.4 is 21.7 Å². The van der Waals surface area contributed by atoms with Crippen LogP contribution in [0.5, 0.6) is 0 Å². The molecule has 148 valence electrons. The smallest absolute Gasteiger partial charge is 0.325 e. The molecule has 1 aromatic heterocycles. The lowest BCUT2D eigenvalue weighted by atomic mass is 9.94. The summed E-state index contributed by atoms with van der Waals surface area (Å²) in [4.78, 5) is 40.8. The summed E-state index contributed by atoms with van der Waals surface area (Å²) in [5.41, 5.74) is 7.05. The van der Waals surface area contributed by atoms with Crippen LogP contribution in [0.1, 0.15) is 46.5 Å². The second-order valence-corrected chi connectivity index (χ2v) is 7.94. The normalized spacial score (nSPS) is 13.9. The number of nitrogens with two attached hydrogens (primary N) is 1. The Hall–Kier alpha value is -2.94. The molecule has 4 amide bonds. The highest BCUT2D eigenvalue weighted by Gasteiger charge is 2.26. The second-order valence-electron chi connectivity index (χ2n) is 6.82. The van der Waals surface area contributed by atoms with Crippen LogP contribution in [0.3, 0.4) is 0 Å². The van der Waals surface area contributed by atoms with Gasteiger partial charge in [-0.2, -0.15) is 0 Å². The Morgan fingerprint density at radius 3 is 2.68 bits per heavy atom. The van der Waals surface area contributed by atoms with Gasteiger partial charge in [0.15, 0.2) is 10.9 Å². The molecule has 0 radical (unpaired) electrons. The van der Waals surface area contributed by atoms with Gasteiger partial charge in [-0.05, 0) is 31.9 Å². The fourth-order valence-corrected chi connectivity index (χ4v) is 4.00. The van der Waals surface area contributed by atoms with Crippen molar-refractivity contribution in [1.29, 1.82) is 0 Å². The molecule has 0 spiro atoms. The molecule has 1 aromatic carbocycles. The highest BCUT2D eigenvalue weighted by atomic mass is 32.1. The van der Waals surface area contributed by atoms with Crippen molar-refractivity contribution in [3.05, 3.63) is 40.4 Å². The van der Waals surface area contributed by atoms with E-state index >= 15 is 0 Å². The standard InChI is InChI=1S/C19H23N5O3S/c1-11-6-7-15(14(8-11)16(25)12-4-2-3-5-12)23-18(27)24-19-22-10-13(28-19)9-21-17(20)26/h6-8,10,12H,2-5,9H2,1H3,(H3,20,21,26)(H2,22,23,24,27). The SMILES string of the molecule is Cc1ccc(NC(=O)Nc2ncc(CNC(N)=O)s2)c(C(=O)C2CCCC2)c1. The number of hydrogen-bond acceptors (Lipinski definition) is 5. The number of carbonyl (C=O) groups excluding carboxylic acids is 3. The number of thiazole rings is 1. The molecule has 0 saturated heterocycles. The van der Waals surface area contributed by atoms with Crippen molar-refractivity contribution in [2.24, 2.45) is 11.7 Å². The number of ketones is 1. The molecule has 8 nitrogen and oxygen atoms in total. The first-order valence-electron chi connectivity index (χ1n) is 9.13. The van der Waals surface area contributed by atoms with E-state index in [1.807, 2.05) is 19.1 Å². The van der Waals surface area contributed by atoms with Gasteiger partial charge in [-0.1, -0.05) is 35.8 Å². The summed E-state index contributed by atoms with van der Waals surface area (Å²) in [5, 5.41) is 8.25. The number of primary amides is 1. The highest BCUT2D eigenvalue weighted by molar-refractivity contribution is 7.15. The first-order valence-corrected chi connectivity index (χ1v) is 9.95. The summed E-state index contributed by atoms with van der Waals surface area (Å²) >= 11 is 1.23. The second kappa shape index (κ2) is 8.83. The van der Waals surface area contributed by atoms with E-state index in [1.165, 1.54) is 11.3 Å². The minimum atomic E-state index is -0.625. The maximum atomic E-state index is 12.9. The van der Waals surface area contributed by atoms with Gasteiger partial charge in [0.25, 0.3) is 0 Å². The number of carbonyl (C=O) groups is 3. The number of aromatic nitrogens is 1. The Morgan fingerprint density at radius 2 is 1.96 bits per heavy atom. The third-order valence-corrected chi connectivity index (χ3v) is 5.54. The predicted molar refractivity (Wildman–Crippen MR) is 109 cm³/mol. The van der Waals surface area contributed by atoms with Crippen molar-refractivity contribution in [2.75, 3.05) is 10.6 Å². The van der Waals surface area contributed by atoms with Crippen LogP contribution in [0, 0.1) is 12.8 Å². The highest BCUT2D eigenvalue weighted by Crippen LogP contribution is 2.31. The summed E-state index contributed by atoms with van der Waals surface area (Å²) in [6, 6.07) is 4.33. The summed E-state index contributed by atoms with van der Waals surface area (Å²) in [6.07, 6.45) is 5.50. The lowest BCUT2D eigenvalue weighted by Crippen LogP contribution is -2.28. The van der Waals surface area contributed by atoms with Crippen molar-refractivity contribution in [1.82, 2.24) is 10.3 Å². The Bertz CT molecular complexity index is 889. The summed E-state index contributed by atoms with van der Waals surface area (Å²) in [6.45, 7) is 2.17. The zero-order valence-corrected chi connectivity index (χ0v) is 16.4. The van der Waals surface area contributed by atoms with Crippen molar-refractivity contribution in [3.8, 4) is 0 Å². The van der Waals surface area contributed by atoms with Crippen LogP contribution in [0.15, 0.2) is 24.4 Å². The topological polar surface area (TPSA) is 126 Å². The molecule has 3 rings (SSSR count). The molecular weight excluding hydrogens is 378 g/mol. The number of benzene rings is 1. The molecule has 1 fully saturated rings. The van der Waals surface area contributed by atoms with E-state index in [-0.39, 0.29) is 18.2 Å². The monoisotopic (exact) mass is 401 g/mol. The van der Waals surface area contributed by atoms with Gasteiger partial charge in [0.2, 0.25) is 0 Å². The Morgan fingerprint density at radius 1 is 1.21 bits per heavy atom. The third kappa shape index (κ3) is 5.07. The fourth-order valence-electron chi connectivity index (χ4n) is 3.25. The molecule has 2 aromatic rings. The minimum absolute atomic E-state index is 0.0321. The van der Waals surface area contributed by atoms with E-state index in [0.717, 1.165) is 36.1 Å². The number of amides is 4. The van der Waals surface area contributed by atoms with Gasteiger partial charge >= 0.3 is 12.1 Å².